The summed E-state index contributed by atoms with van der Waals surface area (Å²) in [4.78, 5) is 6.76. The predicted octanol–water partition coefficient (Wildman–Crippen LogP) is 3.08. The van der Waals surface area contributed by atoms with Crippen molar-refractivity contribution in [1.82, 2.24) is 9.88 Å². The molecule has 1 aliphatic rings. The van der Waals surface area contributed by atoms with E-state index in [2.05, 4.69) is 45.0 Å². The van der Waals surface area contributed by atoms with Crippen molar-refractivity contribution in [2.45, 2.75) is 25.8 Å². The molecule has 2 nitrogen and oxygen atoms in total. The Morgan fingerprint density at radius 3 is 2.80 bits per heavy atom. The zero-order valence-corrected chi connectivity index (χ0v) is 10.7. The highest BCUT2D eigenvalue weighted by Crippen LogP contribution is 2.26. The van der Waals surface area contributed by atoms with Crippen molar-refractivity contribution in [3.8, 4) is 0 Å². The van der Waals surface area contributed by atoms with E-state index in [1.54, 1.807) is 0 Å². The summed E-state index contributed by atoms with van der Waals surface area (Å²) in [6, 6.07) is 4.14. The van der Waals surface area contributed by atoms with Gasteiger partial charge in [-0.15, -0.1) is 0 Å². The van der Waals surface area contributed by atoms with Crippen LogP contribution in [0.1, 0.15) is 25.0 Å². The molecular weight excluding hydrogens is 252 g/mol. The van der Waals surface area contributed by atoms with E-state index in [0.29, 0.717) is 0 Å². The summed E-state index contributed by atoms with van der Waals surface area (Å²) >= 11 is 3.40. The van der Waals surface area contributed by atoms with Crippen LogP contribution in [0, 0.1) is 5.92 Å². The van der Waals surface area contributed by atoms with Crippen LogP contribution in [-0.4, -0.2) is 23.5 Å². The van der Waals surface area contributed by atoms with Crippen LogP contribution >= 0.6 is 15.9 Å². The minimum absolute atomic E-state index is 0.936. The lowest BCUT2D eigenvalue weighted by Crippen LogP contribution is -2.29. The van der Waals surface area contributed by atoms with Gasteiger partial charge in [0.1, 0.15) is 0 Å². The van der Waals surface area contributed by atoms with Crippen LogP contribution in [0.25, 0.3) is 0 Å². The zero-order valence-electron chi connectivity index (χ0n) is 9.12. The lowest BCUT2D eigenvalue weighted by atomic mass is 9.85. The van der Waals surface area contributed by atoms with E-state index >= 15 is 0 Å². The minimum Gasteiger partial charge on any atom is -0.300 e. The van der Waals surface area contributed by atoms with Gasteiger partial charge in [0.2, 0.25) is 0 Å². The molecule has 0 spiro atoms. The first-order valence-electron chi connectivity index (χ1n) is 5.53. The molecule has 3 heteroatoms. The summed E-state index contributed by atoms with van der Waals surface area (Å²) in [5, 5.41) is 0. The van der Waals surface area contributed by atoms with Crippen molar-refractivity contribution in [2.24, 2.45) is 5.92 Å². The van der Waals surface area contributed by atoms with Gasteiger partial charge < -0.3 is 4.90 Å². The molecule has 1 heterocycles. The van der Waals surface area contributed by atoms with E-state index in [-0.39, 0.29) is 0 Å². The number of hydrogen-bond donors (Lipinski definition) is 0. The molecule has 1 saturated carbocycles. The molecule has 0 bridgehead atoms. The van der Waals surface area contributed by atoms with Crippen LogP contribution < -0.4 is 0 Å². The Morgan fingerprint density at radius 1 is 1.47 bits per heavy atom. The molecule has 1 aliphatic carbocycles. The number of halogens is 1. The van der Waals surface area contributed by atoms with Crippen molar-refractivity contribution in [1.29, 1.82) is 0 Å². The Morgan fingerprint density at radius 2 is 2.27 bits per heavy atom. The average Bonchev–Trinajstić information content (AvgIpc) is 2.16. The normalized spacial score (nSPS) is 16.7. The number of nitrogens with zero attached hydrogens (tertiary/aromatic N) is 2. The van der Waals surface area contributed by atoms with Crippen molar-refractivity contribution in [2.75, 3.05) is 13.6 Å². The molecule has 82 valence electrons. The quantitative estimate of drug-likeness (QED) is 0.835. The summed E-state index contributed by atoms with van der Waals surface area (Å²) < 4.78 is 1.05. The molecule has 2 rings (SSSR count). The smallest absolute Gasteiger partial charge is 0.0544 e. The SMILES string of the molecule is CN(Cc1ccc(Br)cn1)CC1CCC1. The van der Waals surface area contributed by atoms with Crippen LogP contribution in [-0.2, 0) is 6.54 Å². The second-order valence-electron chi connectivity index (χ2n) is 4.46. The molecule has 1 fully saturated rings. The standard InChI is InChI=1S/C12H17BrN2/c1-15(8-10-3-2-4-10)9-12-6-5-11(13)7-14-12/h5-7,10H,2-4,8-9H2,1H3. The molecule has 15 heavy (non-hydrogen) atoms. The Labute approximate surface area is 99.8 Å². The molecule has 0 unspecified atom stereocenters. The molecule has 1 aromatic heterocycles. The topological polar surface area (TPSA) is 16.1 Å². The fraction of sp³-hybridized carbons (Fsp3) is 0.583. The van der Waals surface area contributed by atoms with Gasteiger partial charge in [-0.05, 0) is 53.9 Å². The van der Waals surface area contributed by atoms with Crippen molar-refractivity contribution in [3.05, 3.63) is 28.5 Å². The lowest BCUT2D eigenvalue weighted by molar-refractivity contribution is 0.199. The molecule has 0 N–H and O–H groups in total. The van der Waals surface area contributed by atoms with Crippen LogP contribution in [0.2, 0.25) is 0 Å². The third-order valence-electron chi connectivity index (χ3n) is 3.02. The van der Waals surface area contributed by atoms with Crippen LogP contribution in [0.4, 0.5) is 0 Å². The van der Waals surface area contributed by atoms with Crippen molar-refractivity contribution < 1.29 is 0 Å². The second kappa shape index (κ2) is 5.08. The molecular formula is C12H17BrN2. The first-order chi connectivity index (χ1) is 7.24. The van der Waals surface area contributed by atoms with Crippen LogP contribution in [0.15, 0.2) is 22.8 Å². The number of pyridine rings is 1. The van der Waals surface area contributed by atoms with Gasteiger partial charge in [-0.1, -0.05) is 6.42 Å². The predicted molar refractivity (Wildman–Crippen MR) is 65.6 cm³/mol. The highest BCUT2D eigenvalue weighted by atomic mass is 79.9. The van der Waals surface area contributed by atoms with Gasteiger partial charge in [-0.25, -0.2) is 0 Å². The van der Waals surface area contributed by atoms with E-state index < -0.39 is 0 Å². The van der Waals surface area contributed by atoms with Crippen molar-refractivity contribution >= 4 is 15.9 Å². The monoisotopic (exact) mass is 268 g/mol. The molecule has 0 saturated heterocycles. The van der Waals surface area contributed by atoms with Gasteiger partial charge >= 0.3 is 0 Å². The van der Waals surface area contributed by atoms with Gasteiger partial charge in [0.25, 0.3) is 0 Å². The van der Waals surface area contributed by atoms with E-state index in [1.165, 1.54) is 25.8 Å². The number of aromatic nitrogens is 1. The van der Waals surface area contributed by atoms with E-state index in [4.69, 9.17) is 0 Å². The zero-order chi connectivity index (χ0) is 10.7. The Hall–Kier alpha value is -0.410. The van der Waals surface area contributed by atoms with Gasteiger partial charge in [-0.3, -0.25) is 4.98 Å². The summed E-state index contributed by atoms with van der Waals surface area (Å²) in [6.45, 7) is 2.18. The van der Waals surface area contributed by atoms with Gasteiger partial charge in [0, 0.05) is 23.8 Å². The largest absolute Gasteiger partial charge is 0.300 e. The number of rotatable bonds is 4. The Kier molecular flexibility index (Phi) is 3.76. The highest BCUT2D eigenvalue weighted by Gasteiger charge is 2.18. The van der Waals surface area contributed by atoms with E-state index in [0.717, 1.165) is 22.6 Å². The molecule has 0 amide bonds. The third kappa shape index (κ3) is 3.28. The Balaban J connectivity index is 1.82. The van der Waals surface area contributed by atoms with Crippen LogP contribution in [0.5, 0.6) is 0 Å². The molecule has 0 radical (unpaired) electrons. The summed E-state index contributed by atoms with van der Waals surface area (Å²) in [7, 11) is 2.18. The fourth-order valence-electron chi connectivity index (χ4n) is 1.96. The van der Waals surface area contributed by atoms with Gasteiger partial charge in [0.15, 0.2) is 0 Å². The minimum atomic E-state index is 0.936. The van der Waals surface area contributed by atoms with E-state index in [9.17, 15) is 0 Å². The molecule has 0 aliphatic heterocycles. The van der Waals surface area contributed by atoms with E-state index in [1.807, 2.05) is 6.20 Å². The maximum atomic E-state index is 4.38. The number of hydrogen-bond acceptors (Lipinski definition) is 2. The maximum absolute atomic E-state index is 4.38. The van der Waals surface area contributed by atoms with Gasteiger partial charge in [-0.2, -0.15) is 0 Å². The second-order valence-corrected chi connectivity index (χ2v) is 5.38. The van der Waals surface area contributed by atoms with Gasteiger partial charge in [0.05, 0.1) is 5.69 Å². The van der Waals surface area contributed by atoms with Crippen molar-refractivity contribution in [3.63, 3.8) is 0 Å². The third-order valence-corrected chi connectivity index (χ3v) is 3.48. The molecule has 0 aromatic carbocycles. The first kappa shape index (κ1) is 11.1. The summed E-state index contributed by atoms with van der Waals surface area (Å²) in [5.41, 5.74) is 1.15. The Bertz CT molecular complexity index is 306. The summed E-state index contributed by atoms with van der Waals surface area (Å²) in [6.07, 6.45) is 6.12. The first-order valence-corrected chi connectivity index (χ1v) is 6.32. The van der Waals surface area contributed by atoms with Crippen LogP contribution in [0.3, 0.4) is 0 Å². The lowest BCUT2D eigenvalue weighted by Gasteiger charge is -2.29. The summed E-state index contributed by atoms with van der Waals surface area (Å²) in [5.74, 6) is 0.936. The maximum Gasteiger partial charge on any atom is 0.0544 e. The average molecular weight is 269 g/mol. The fourth-order valence-corrected chi connectivity index (χ4v) is 2.19. The molecule has 0 atom stereocenters. The molecule has 1 aromatic rings. The highest BCUT2D eigenvalue weighted by molar-refractivity contribution is 9.10.